The number of rotatable bonds is 9. The Balaban J connectivity index is 1.81. The van der Waals surface area contributed by atoms with Crippen LogP contribution in [0, 0.1) is 0 Å². The number of aromatic amines is 2. The summed E-state index contributed by atoms with van der Waals surface area (Å²) in [7, 11) is 3.22. The number of hydrogen-bond acceptors (Lipinski definition) is 6. The van der Waals surface area contributed by atoms with Crippen molar-refractivity contribution in [3.8, 4) is 22.8 Å². The van der Waals surface area contributed by atoms with Gasteiger partial charge in [0.05, 0.1) is 51.8 Å². The molecule has 3 N–H and O–H groups in total. The number of nitrogens with zero attached hydrogens (tertiary/aromatic N) is 2. The van der Waals surface area contributed by atoms with Crippen LogP contribution >= 0.6 is 11.6 Å². The fourth-order valence-corrected chi connectivity index (χ4v) is 4.17. The minimum absolute atomic E-state index is 0.188. The molecule has 3 aromatic heterocycles. The van der Waals surface area contributed by atoms with Crippen LogP contribution in [0.2, 0.25) is 5.02 Å². The Hall–Kier alpha value is -4.24. The predicted octanol–water partition coefficient (Wildman–Crippen LogP) is 5.13. The standard InChI is InChI=1S/C27H28ClN5O4/c1-6-21(34)33(4)27(2,3)15-37-20-14-29-12-10-16(20)23-24(22-18(31-23)11-13-30-26(22)35)32-19-9-7-8-17(28)25(19)36-5/h6-14,31-32H,1,15H2,2-5H3,(H,30,35). The van der Waals surface area contributed by atoms with E-state index in [1.54, 1.807) is 54.8 Å². The van der Waals surface area contributed by atoms with Crippen LogP contribution in [0.4, 0.5) is 11.4 Å². The lowest BCUT2D eigenvalue weighted by Crippen LogP contribution is -2.48. The quantitative estimate of drug-likeness (QED) is 0.263. The maximum absolute atomic E-state index is 12.9. The largest absolute Gasteiger partial charge is 0.493 e. The van der Waals surface area contributed by atoms with Gasteiger partial charge in [0.25, 0.3) is 5.56 Å². The second kappa shape index (κ2) is 10.4. The zero-order valence-electron chi connectivity index (χ0n) is 21.0. The highest BCUT2D eigenvalue weighted by Gasteiger charge is 2.28. The third kappa shape index (κ3) is 5.03. The fourth-order valence-electron chi connectivity index (χ4n) is 3.92. The zero-order valence-corrected chi connectivity index (χ0v) is 21.8. The third-order valence-electron chi connectivity index (χ3n) is 6.20. The maximum Gasteiger partial charge on any atom is 0.259 e. The summed E-state index contributed by atoms with van der Waals surface area (Å²) in [5, 5.41) is 4.19. The van der Waals surface area contributed by atoms with Gasteiger partial charge >= 0.3 is 0 Å². The summed E-state index contributed by atoms with van der Waals surface area (Å²) < 4.78 is 11.7. The van der Waals surface area contributed by atoms with Crippen molar-refractivity contribution in [2.24, 2.45) is 0 Å². The molecule has 1 amide bonds. The fraction of sp³-hybridized carbons (Fsp3) is 0.222. The molecule has 10 heteroatoms. The topological polar surface area (TPSA) is 112 Å². The molecule has 0 spiro atoms. The van der Waals surface area contributed by atoms with E-state index >= 15 is 0 Å². The van der Waals surface area contributed by atoms with E-state index in [1.165, 1.54) is 13.2 Å². The first-order valence-corrected chi connectivity index (χ1v) is 11.9. The van der Waals surface area contributed by atoms with Gasteiger partial charge in [0.15, 0.2) is 5.75 Å². The lowest BCUT2D eigenvalue weighted by molar-refractivity contribution is -0.130. The molecule has 0 atom stereocenters. The number of para-hydroxylation sites is 1. The number of carbonyl (C=O) groups excluding carboxylic acids is 1. The minimum atomic E-state index is -0.634. The number of anilines is 2. The molecule has 0 aliphatic heterocycles. The SMILES string of the molecule is C=CC(=O)N(C)C(C)(C)COc1cnccc1-c1[nH]c2cc[nH]c(=O)c2c1Nc1cccc(Cl)c1OC. The van der Waals surface area contributed by atoms with E-state index < -0.39 is 5.54 Å². The molecule has 0 bridgehead atoms. The summed E-state index contributed by atoms with van der Waals surface area (Å²) in [5.74, 6) is 0.704. The molecule has 4 aromatic rings. The van der Waals surface area contributed by atoms with Gasteiger partial charge < -0.3 is 29.7 Å². The van der Waals surface area contributed by atoms with Crippen LogP contribution in [0.1, 0.15) is 13.8 Å². The van der Waals surface area contributed by atoms with Crippen LogP contribution in [0.3, 0.4) is 0 Å². The first-order chi connectivity index (χ1) is 17.7. The number of methoxy groups -OCH3 is 1. The zero-order chi connectivity index (χ0) is 26.7. The van der Waals surface area contributed by atoms with Gasteiger partial charge in [-0.05, 0) is 44.2 Å². The average Bonchev–Trinajstić information content (AvgIpc) is 3.26. The number of fused-ring (bicyclic) bond motifs is 1. The van der Waals surface area contributed by atoms with Crippen molar-refractivity contribution in [2.45, 2.75) is 19.4 Å². The number of halogens is 1. The van der Waals surface area contributed by atoms with E-state index in [0.717, 1.165) is 0 Å². The summed E-state index contributed by atoms with van der Waals surface area (Å²) in [6.07, 6.45) is 6.08. The monoisotopic (exact) mass is 521 g/mol. The Morgan fingerprint density at radius 2 is 2.08 bits per heavy atom. The van der Waals surface area contributed by atoms with E-state index in [2.05, 4.69) is 26.8 Å². The first kappa shape index (κ1) is 25.8. The third-order valence-corrected chi connectivity index (χ3v) is 6.50. The van der Waals surface area contributed by atoms with Crippen molar-refractivity contribution >= 4 is 39.8 Å². The first-order valence-electron chi connectivity index (χ1n) is 11.5. The Bertz CT molecular complexity index is 1530. The molecule has 192 valence electrons. The number of benzene rings is 1. The van der Waals surface area contributed by atoms with Crippen LogP contribution in [0.25, 0.3) is 22.2 Å². The Kier molecular flexibility index (Phi) is 7.26. The highest BCUT2D eigenvalue weighted by atomic mass is 35.5. The second-order valence-electron chi connectivity index (χ2n) is 8.99. The van der Waals surface area contributed by atoms with Gasteiger partial charge in [-0.1, -0.05) is 24.2 Å². The van der Waals surface area contributed by atoms with Gasteiger partial charge in [0.2, 0.25) is 5.91 Å². The van der Waals surface area contributed by atoms with Crippen molar-refractivity contribution < 1.29 is 14.3 Å². The van der Waals surface area contributed by atoms with E-state index in [-0.39, 0.29) is 18.1 Å². The van der Waals surface area contributed by atoms with Gasteiger partial charge in [0, 0.05) is 25.0 Å². The molecule has 37 heavy (non-hydrogen) atoms. The molecule has 0 fully saturated rings. The molecule has 0 unspecified atom stereocenters. The number of carbonyl (C=O) groups is 1. The Morgan fingerprint density at radius 3 is 2.81 bits per heavy atom. The number of aromatic nitrogens is 3. The van der Waals surface area contributed by atoms with Crippen molar-refractivity contribution in [3.63, 3.8) is 0 Å². The second-order valence-corrected chi connectivity index (χ2v) is 9.40. The number of pyridine rings is 2. The van der Waals surface area contributed by atoms with Crippen LogP contribution < -0.4 is 20.3 Å². The number of H-pyrrole nitrogens is 2. The summed E-state index contributed by atoms with van der Waals surface area (Å²) in [6.45, 7) is 7.53. The smallest absolute Gasteiger partial charge is 0.259 e. The van der Waals surface area contributed by atoms with Crippen molar-refractivity contribution in [1.29, 1.82) is 0 Å². The molecule has 1 aromatic carbocycles. The molecule has 3 heterocycles. The number of ether oxygens (including phenoxy) is 2. The highest BCUT2D eigenvalue weighted by Crippen LogP contribution is 2.42. The van der Waals surface area contributed by atoms with Crippen LogP contribution in [0.5, 0.6) is 11.5 Å². The van der Waals surface area contributed by atoms with Crippen molar-refractivity contribution in [3.05, 3.63) is 77.0 Å². The maximum atomic E-state index is 12.9. The van der Waals surface area contributed by atoms with Crippen LogP contribution in [-0.2, 0) is 4.79 Å². The molecular formula is C27H28ClN5O4. The Labute approximate surface area is 219 Å². The van der Waals surface area contributed by atoms with E-state index in [4.69, 9.17) is 21.1 Å². The molecule has 0 saturated carbocycles. The summed E-state index contributed by atoms with van der Waals surface area (Å²) >= 11 is 6.34. The minimum Gasteiger partial charge on any atom is -0.493 e. The van der Waals surface area contributed by atoms with Gasteiger partial charge in [-0.25, -0.2) is 0 Å². The molecule has 0 saturated heterocycles. The van der Waals surface area contributed by atoms with Crippen molar-refractivity contribution in [1.82, 2.24) is 19.9 Å². The van der Waals surface area contributed by atoms with Gasteiger partial charge in [-0.15, -0.1) is 0 Å². The van der Waals surface area contributed by atoms with Crippen LogP contribution in [0.15, 0.2) is 66.4 Å². The number of hydrogen-bond donors (Lipinski definition) is 3. The van der Waals surface area contributed by atoms with Gasteiger partial charge in [0.1, 0.15) is 12.4 Å². The molecule has 0 radical (unpaired) electrons. The molecular weight excluding hydrogens is 494 g/mol. The van der Waals surface area contributed by atoms with E-state index in [0.29, 0.717) is 50.1 Å². The number of nitrogens with one attached hydrogen (secondary N) is 3. The predicted molar refractivity (Wildman–Crippen MR) is 146 cm³/mol. The average molecular weight is 522 g/mol. The van der Waals surface area contributed by atoms with E-state index in [9.17, 15) is 9.59 Å². The Morgan fingerprint density at radius 1 is 1.30 bits per heavy atom. The number of likely N-dealkylation sites (N-methyl/N-ethyl adjacent to an activating group) is 1. The van der Waals surface area contributed by atoms with E-state index in [1.807, 2.05) is 19.9 Å². The van der Waals surface area contributed by atoms with Gasteiger partial charge in [-0.2, -0.15) is 0 Å². The highest BCUT2D eigenvalue weighted by molar-refractivity contribution is 6.32. The lowest BCUT2D eigenvalue weighted by atomic mass is 10.0. The normalized spacial score (nSPS) is 11.3. The lowest BCUT2D eigenvalue weighted by Gasteiger charge is -2.34. The summed E-state index contributed by atoms with van der Waals surface area (Å²) in [4.78, 5) is 36.9. The molecule has 0 aliphatic rings. The summed E-state index contributed by atoms with van der Waals surface area (Å²) in [5.41, 5.74) is 2.11. The number of amides is 1. The molecule has 4 rings (SSSR count). The molecule has 0 aliphatic carbocycles. The van der Waals surface area contributed by atoms with Crippen LogP contribution in [-0.4, -0.2) is 52.1 Å². The summed E-state index contributed by atoms with van der Waals surface area (Å²) in [6, 6.07) is 8.89. The molecule has 9 nitrogen and oxygen atoms in total. The van der Waals surface area contributed by atoms with Gasteiger partial charge in [-0.3, -0.25) is 14.6 Å². The van der Waals surface area contributed by atoms with Crippen molar-refractivity contribution in [2.75, 3.05) is 26.1 Å².